The van der Waals surface area contributed by atoms with E-state index in [9.17, 15) is 0 Å². The second-order valence-corrected chi connectivity index (χ2v) is 3.52. The standard InChI is InChI=1S/C12H11ClN2O/c13-11-7-9(14)4-5-12(11)16-8-10-3-1-2-6-15-10/h1-7H,8,14H2/i8D2. The molecule has 2 N–H and O–H groups in total. The van der Waals surface area contributed by atoms with Gasteiger partial charge in [-0.15, -0.1) is 0 Å². The highest BCUT2D eigenvalue weighted by Crippen LogP contribution is 2.26. The molecule has 0 fully saturated rings. The van der Waals surface area contributed by atoms with E-state index < -0.39 is 6.56 Å². The molecule has 1 aromatic heterocycles. The predicted molar refractivity (Wildman–Crippen MR) is 64.4 cm³/mol. The normalized spacial score (nSPS) is 12.8. The zero-order chi connectivity index (χ0) is 13.2. The first kappa shape index (κ1) is 8.42. The van der Waals surface area contributed by atoms with Crippen LogP contribution in [-0.2, 0) is 6.56 Å². The van der Waals surface area contributed by atoms with E-state index >= 15 is 0 Å². The van der Waals surface area contributed by atoms with Crippen LogP contribution in [0.25, 0.3) is 0 Å². The molecule has 0 spiro atoms. The SMILES string of the molecule is [2H]C([2H])(Oc1ccc(N)cc1Cl)c1ccccn1. The molecule has 0 saturated heterocycles. The van der Waals surface area contributed by atoms with E-state index in [-0.39, 0.29) is 16.5 Å². The minimum Gasteiger partial charge on any atom is -0.486 e. The van der Waals surface area contributed by atoms with Crippen molar-refractivity contribution in [2.24, 2.45) is 0 Å². The molecule has 3 nitrogen and oxygen atoms in total. The summed E-state index contributed by atoms with van der Waals surface area (Å²) in [6.45, 7) is -2.05. The van der Waals surface area contributed by atoms with Crippen molar-refractivity contribution >= 4 is 17.3 Å². The number of hydrogen-bond acceptors (Lipinski definition) is 3. The van der Waals surface area contributed by atoms with Crippen LogP contribution < -0.4 is 10.5 Å². The summed E-state index contributed by atoms with van der Waals surface area (Å²) in [5.41, 5.74) is 6.23. The Bertz CT molecular complexity index is 549. The van der Waals surface area contributed by atoms with Crippen LogP contribution >= 0.6 is 11.6 Å². The van der Waals surface area contributed by atoms with Gasteiger partial charge < -0.3 is 10.5 Å². The highest BCUT2D eigenvalue weighted by atomic mass is 35.5. The number of hydrogen-bond donors (Lipinski definition) is 1. The Morgan fingerprint density at radius 3 is 2.94 bits per heavy atom. The van der Waals surface area contributed by atoms with Crippen molar-refractivity contribution < 1.29 is 7.48 Å². The van der Waals surface area contributed by atoms with Gasteiger partial charge in [0, 0.05) is 11.9 Å². The average Bonchev–Trinajstić information content (AvgIpc) is 2.34. The summed E-state index contributed by atoms with van der Waals surface area (Å²) in [6, 6.07) is 9.56. The van der Waals surface area contributed by atoms with Gasteiger partial charge >= 0.3 is 0 Å². The van der Waals surface area contributed by atoms with Crippen LogP contribution in [0.5, 0.6) is 5.75 Å². The van der Waals surface area contributed by atoms with Crippen molar-refractivity contribution in [1.29, 1.82) is 0 Å². The Morgan fingerprint density at radius 2 is 2.25 bits per heavy atom. The lowest BCUT2D eigenvalue weighted by Crippen LogP contribution is -1.98. The van der Waals surface area contributed by atoms with E-state index in [4.69, 9.17) is 24.8 Å². The molecule has 0 amide bonds. The van der Waals surface area contributed by atoms with E-state index in [1.807, 2.05) is 0 Å². The van der Waals surface area contributed by atoms with Crippen LogP contribution in [0.2, 0.25) is 5.02 Å². The topological polar surface area (TPSA) is 48.1 Å². The second kappa shape index (κ2) is 4.86. The van der Waals surface area contributed by atoms with Crippen molar-refractivity contribution in [2.45, 2.75) is 6.56 Å². The molecule has 2 aromatic rings. The zero-order valence-corrected chi connectivity index (χ0v) is 9.11. The molecule has 1 aromatic carbocycles. The number of benzene rings is 1. The molecule has 0 bridgehead atoms. The highest BCUT2D eigenvalue weighted by molar-refractivity contribution is 6.32. The van der Waals surface area contributed by atoms with E-state index in [1.165, 1.54) is 18.3 Å². The number of rotatable bonds is 3. The Labute approximate surface area is 102 Å². The van der Waals surface area contributed by atoms with Crippen LogP contribution in [0, 0.1) is 0 Å². The van der Waals surface area contributed by atoms with E-state index in [1.54, 1.807) is 24.3 Å². The first-order valence-electron chi connectivity index (χ1n) is 5.64. The summed E-state index contributed by atoms with van der Waals surface area (Å²) < 4.78 is 21.0. The van der Waals surface area contributed by atoms with Crippen molar-refractivity contribution in [3.8, 4) is 5.75 Å². The number of ether oxygens (including phenoxy) is 1. The minimum atomic E-state index is -2.05. The third-order valence-corrected chi connectivity index (χ3v) is 2.18. The molecular weight excluding hydrogens is 224 g/mol. The van der Waals surface area contributed by atoms with E-state index in [0.29, 0.717) is 5.69 Å². The van der Waals surface area contributed by atoms with Gasteiger partial charge in [-0.05, 0) is 30.3 Å². The lowest BCUT2D eigenvalue weighted by Gasteiger charge is -2.07. The largest absolute Gasteiger partial charge is 0.486 e. The molecule has 0 aliphatic rings. The van der Waals surface area contributed by atoms with Crippen molar-refractivity contribution in [3.05, 3.63) is 53.3 Å². The van der Waals surface area contributed by atoms with Crippen LogP contribution in [0.1, 0.15) is 8.44 Å². The third-order valence-electron chi connectivity index (χ3n) is 1.89. The number of pyridine rings is 1. The molecular formula is C12H11ClN2O. The average molecular weight is 237 g/mol. The van der Waals surface area contributed by atoms with Crippen LogP contribution in [0.3, 0.4) is 0 Å². The van der Waals surface area contributed by atoms with Crippen molar-refractivity contribution in [2.75, 3.05) is 5.73 Å². The maximum absolute atomic E-state index is 7.85. The van der Waals surface area contributed by atoms with Gasteiger partial charge in [0.2, 0.25) is 0 Å². The second-order valence-electron chi connectivity index (χ2n) is 3.11. The zero-order valence-electron chi connectivity index (χ0n) is 10.4. The van der Waals surface area contributed by atoms with Crippen molar-refractivity contribution in [3.63, 3.8) is 0 Å². The molecule has 0 aliphatic heterocycles. The molecule has 16 heavy (non-hydrogen) atoms. The Morgan fingerprint density at radius 1 is 1.38 bits per heavy atom. The van der Waals surface area contributed by atoms with E-state index in [2.05, 4.69) is 4.98 Å². The monoisotopic (exact) mass is 236 g/mol. The maximum atomic E-state index is 7.85. The predicted octanol–water partition coefficient (Wildman–Crippen LogP) is 2.90. The highest BCUT2D eigenvalue weighted by Gasteiger charge is 2.02. The summed E-state index contributed by atoms with van der Waals surface area (Å²) in [7, 11) is 0. The molecule has 82 valence electrons. The number of nitrogens with zero attached hydrogens (tertiary/aromatic N) is 1. The Hall–Kier alpha value is -1.74. The van der Waals surface area contributed by atoms with Gasteiger partial charge in [-0.2, -0.15) is 0 Å². The molecule has 0 radical (unpaired) electrons. The smallest absolute Gasteiger partial charge is 0.138 e. The molecule has 0 atom stereocenters. The van der Waals surface area contributed by atoms with E-state index in [0.717, 1.165) is 0 Å². The van der Waals surface area contributed by atoms with Crippen LogP contribution in [0.4, 0.5) is 5.69 Å². The lowest BCUT2D eigenvalue weighted by molar-refractivity contribution is 0.301. The van der Waals surface area contributed by atoms with Gasteiger partial charge in [-0.1, -0.05) is 17.7 Å². The number of aromatic nitrogens is 1. The van der Waals surface area contributed by atoms with Gasteiger partial charge in [0.05, 0.1) is 13.5 Å². The number of halogens is 1. The molecule has 0 saturated carbocycles. The first-order chi connectivity index (χ1) is 8.49. The maximum Gasteiger partial charge on any atom is 0.138 e. The minimum absolute atomic E-state index is 0.179. The summed E-state index contributed by atoms with van der Waals surface area (Å²) in [5, 5.41) is 0.259. The summed E-state index contributed by atoms with van der Waals surface area (Å²) in [4.78, 5) is 3.93. The van der Waals surface area contributed by atoms with Crippen LogP contribution in [-0.4, -0.2) is 4.98 Å². The van der Waals surface area contributed by atoms with Gasteiger partial charge in [0.25, 0.3) is 0 Å². The molecule has 0 aliphatic carbocycles. The molecule has 4 heteroatoms. The molecule has 0 unspecified atom stereocenters. The van der Waals surface area contributed by atoms with Crippen molar-refractivity contribution in [1.82, 2.24) is 4.98 Å². The van der Waals surface area contributed by atoms with Gasteiger partial charge in [0.1, 0.15) is 12.3 Å². The Balaban J connectivity index is 2.28. The number of nitrogen functional groups attached to an aromatic ring is 1. The molecule has 1 heterocycles. The first-order valence-corrected chi connectivity index (χ1v) is 5.02. The van der Waals surface area contributed by atoms with Gasteiger partial charge in [-0.25, -0.2) is 0 Å². The fourth-order valence-corrected chi connectivity index (χ4v) is 1.36. The molecule has 2 rings (SSSR count). The quantitative estimate of drug-likeness (QED) is 0.834. The van der Waals surface area contributed by atoms with Gasteiger partial charge in [0.15, 0.2) is 0 Å². The van der Waals surface area contributed by atoms with Gasteiger partial charge in [-0.3, -0.25) is 4.98 Å². The Kier molecular flexibility index (Phi) is 2.55. The fraction of sp³-hybridized carbons (Fsp3) is 0.0833. The fourth-order valence-electron chi connectivity index (χ4n) is 1.13. The van der Waals surface area contributed by atoms with Crippen LogP contribution in [0.15, 0.2) is 42.6 Å². The lowest BCUT2D eigenvalue weighted by atomic mass is 10.3. The number of anilines is 1. The third kappa shape index (κ3) is 2.64. The summed E-state index contributed by atoms with van der Waals surface area (Å²) >= 11 is 5.93. The summed E-state index contributed by atoms with van der Waals surface area (Å²) in [6.07, 6.45) is 1.50. The summed E-state index contributed by atoms with van der Waals surface area (Å²) in [5.74, 6) is 0.224. The number of nitrogens with two attached hydrogens (primary N) is 1.